The predicted octanol–water partition coefficient (Wildman–Crippen LogP) is 1.81. The van der Waals surface area contributed by atoms with Crippen molar-refractivity contribution in [2.45, 2.75) is 33.1 Å². The second-order valence-electron chi connectivity index (χ2n) is 5.00. The zero-order valence-corrected chi connectivity index (χ0v) is 10.8. The molecule has 17 heavy (non-hydrogen) atoms. The molecular weight excluding hydrogens is 216 g/mol. The van der Waals surface area contributed by atoms with Gasteiger partial charge < -0.3 is 9.64 Å². The summed E-state index contributed by atoms with van der Waals surface area (Å²) in [7, 11) is 0. The Morgan fingerprint density at radius 1 is 1.59 bits per heavy atom. The molecule has 0 N–H and O–H groups in total. The lowest BCUT2D eigenvalue weighted by Crippen LogP contribution is -2.41. The van der Waals surface area contributed by atoms with Crippen LogP contribution < -0.4 is 0 Å². The second kappa shape index (κ2) is 7.29. The average Bonchev–Trinajstić information content (AvgIpc) is 2.34. The Hall–Kier alpha value is -1.08. The number of nitriles is 1. The Labute approximate surface area is 104 Å². The number of nitrogens with zero attached hydrogens (tertiary/aromatic N) is 2. The molecule has 96 valence electrons. The standard InChI is InChI=1S/C13H22N2O2/c1-11(2)9-15(7-4-6-14)13(16)12-5-3-8-17-10-12/h11-12H,3-5,7-10H2,1-2H3. The normalized spacial score (nSPS) is 20.0. The third-order valence-electron chi connectivity index (χ3n) is 2.90. The van der Waals surface area contributed by atoms with E-state index in [4.69, 9.17) is 10.00 Å². The molecule has 1 heterocycles. The molecule has 0 aromatic carbocycles. The van der Waals surface area contributed by atoms with E-state index in [1.54, 1.807) is 0 Å². The van der Waals surface area contributed by atoms with Gasteiger partial charge in [0.2, 0.25) is 5.91 Å². The van der Waals surface area contributed by atoms with Gasteiger partial charge in [0.1, 0.15) is 0 Å². The van der Waals surface area contributed by atoms with Crippen molar-refractivity contribution in [1.29, 1.82) is 5.26 Å². The molecule has 1 aliphatic rings. The van der Waals surface area contributed by atoms with Crippen LogP contribution in [0.4, 0.5) is 0 Å². The average molecular weight is 238 g/mol. The van der Waals surface area contributed by atoms with Crippen LogP contribution in [0, 0.1) is 23.2 Å². The molecular formula is C13H22N2O2. The van der Waals surface area contributed by atoms with Crippen LogP contribution in [0.25, 0.3) is 0 Å². The largest absolute Gasteiger partial charge is 0.381 e. The highest BCUT2D eigenvalue weighted by Crippen LogP contribution is 2.17. The fourth-order valence-electron chi connectivity index (χ4n) is 2.11. The van der Waals surface area contributed by atoms with Gasteiger partial charge >= 0.3 is 0 Å². The van der Waals surface area contributed by atoms with Crippen molar-refractivity contribution in [2.24, 2.45) is 11.8 Å². The minimum absolute atomic E-state index is 0.00110. The van der Waals surface area contributed by atoms with Crippen molar-refractivity contribution in [3.8, 4) is 6.07 Å². The van der Waals surface area contributed by atoms with Gasteiger partial charge in [-0.3, -0.25) is 4.79 Å². The topological polar surface area (TPSA) is 53.3 Å². The van der Waals surface area contributed by atoms with E-state index in [2.05, 4.69) is 19.9 Å². The van der Waals surface area contributed by atoms with Crippen LogP contribution in [0.3, 0.4) is 0 Å². The summed E-state index contributed by atoms with van der Waals surface area (Å²) in [5, 5.41) is 8.63. The van der Waals surface area contributed by atoms with Crippen molar-refractivity contribution in [1.82, 2.24) is 4.90 Å². The molecule has 1 atom stereocenters. The Morgan fingerprint density at radius 3 is 2.88 bits per heavy atom. The SMILES string of the molecule is CC(C)CN(CCC#N)C(=O)C1CCCOC1. The van der Waals surface area contributed by atoms with Crippen molar-refractivity contribution in [3.05, 3.63) is 0 Å². The van der Waals surface area contributed by atoms with Crippen LogP contribution in [0.5, 0.6) is 0 Å². The fourth-order valence-corrected chi connectivity index (χ4v) is 2.11. The number of amides is 1. The maximum Gasteiger partial charge on any atom is 0.228 e. The quantitative estimate of drug-likeness (QED) is 0.734. The number of carbonyl (C=O) groups excluding carboxylic acids is 1. The van der Waals surface area contributed by atoms with E-state index in [1.165, 1.54) is 0 Å². The summed E-state index contributed by atoms with van der Waals surface area (Å²) in [5.74, 6) is 0.594. The Bertz CT molecular complexity index is 278. The minimum atomic E-state index is 0.00110. The molecule has 0 saturated carbocycles. The molecule has 1 aliphatic heterocycles. The van der Waals surface area contributed by atoms with Crippen LogP contribution >= 0.6 is 0 Å². The highest BCUT2D eigenvalue weighted by atomic mass is 16.5. The number of rotatable bonds is 5. The van der Waals surface area contributed by atoms with Crippen molar-refractivity contribution < 1.29 is 9.53 Å². The second-order valence-corrected chi connectivity index (χ2v) is 5.00. The molecule has 0 aromatic rings. The lowest BCUT2D eigenvalue weighted by atomic mass is 10.00. The molecule has 0 radical (unpaired) electrons. The van der Waals surface area contributed by atoms with Gasteiger partial charge in [0.25, 0.3) is 0 Å². The van der Waals surface area contributed by atoms with Crippen molar-refractivity contribution >= 4 is 5.91 Å². The summed E-state index contributed by atoms with van der Waals surface area (Å²) in [5.41, 5.74) is 0. The first-order valence-corrected chi connectivity index (χ1v) is 6.38. The molecule has 1 saturated heterocycles. The Morgan fingerprint density at radius 2 is 2.35 bits per heavy atom. The van der Waals surface area contributed by atoms with E-state index in [0.29, 0.717) is 25.5 Å². The van der Waals surface area contributed by atoms with E-state index in [0.717, 1.165) is 26.0 Å². The molecule has 4 nitrogen and oxygen atoms in total. The number of hydrogen-bond acceptors (Lipinski definition) is 3. The maximum absolute atomic E-state index is 12.3. The highest BCUT2D eigenvalue weighted by Gasteiger charge is 2.26. The zero-order chi connectivity index (χ0) is 12.7. The maximum atomic E-state index is 12.3. The number of hydrogen-bond donors (Lipinski definition) is 0. The molecule has 1 amide bonds. The van der Waals surface area contributed by atoms with Gasteiger partial charge in [-0.1, -0.05) is 13.8 Å². The van der Waals surface area contributed by atoms with Crippen LogP contribution in [-0.4, -0.2) is 37.1 Å². The molecule has 4 heteroatoms. The van der Waals surface area contributed by atoms with E-state index in [9.17, 15) is 4.79 Å². The minimum Gasteiger partial charge on any atom is -0.381 e. The van der Waals surface area contributed by atoms with E-state index < -0.39 is 0 Å². The van der Waals surface area contributed by atoms with Gasteiger partial charge in [-0.05, 0) is 18.8 Å². The summed E-state index contributed by atoms with van der Waals surface area (Å²) in [4.78, 5) is 14.1. The van der Waals surface area contributed by atoms with Crippen LogP contribution in [-0.2, 0) is 9.53 Å². The predicted molar refractivity (Wildman–Crippen MR) is 65.2 cm³/mol. The monoisotopic (exact) mass is 238 g/mol. The summed E-state index contributed by atoms with van der Waals surface area (Å²) in [6.45, 7) is 6.77. The Kier molecular flexibility index (Phi) is 5.99. The van der Waals surface area contributed by atoms with E-state index in [-0.39, 0.29) is 11.8 Å². The smallest absolute Gasteiger partial charge is 0.228 e. The molecule has 0 bridgehead atoms. The van der Waals surface area contributed by atoms with E-state index in [1.807, 2.05) is 4.90 Å². The van der Waals surface area contributed by atoms with Crippen molar-refractivity contribution in [3.63, 3.8) is 0 Å². The first kappa shape index (κ1) is 14.0. The molecule has 0 spiro atoms. The van der Waals surface area contributed by atoms with E-state index >= 15 is 0 Å². The third kappa shape index (κ3) is 4.74. The zero-order valence-electron chi connectivity index (χ0n) is 10.8. The first-order chi connectivity index (χ1) is 8.15. The number of carbonyl (C=O) groups is 1. The summed E-state index contributed by atoms with van der Waals surface area (Å²) >= 11 is 0. The highest BCUT2D eigenvalue weighted by molar-refractivity contribution is 5.79. The van der Waals surface area contributed by atoms with Crippen LogP contribution in [0.2, 0.25) is 0 Å². The van der Waals surface area contributed by atoms with Gasteiger partial charge in [0, 0.05) is 19.7 Å². The molecule has 0 aliphatic carbocycles. The van der Waals surface area contributed by atoms with Crippen LogP contribution in [0.1, 0.15) is 33.1 Å². The lowest BCUT2D eigenvalue weighted by molar-refractivity contribution is -0.140. The fraction of sp³-hybridized carbons (Fsp3) is 0.846. The molecule has 0 aromatic heterocycles. The molecule has 1 rings (SSSR count). The van der Waals surface area contributed by atoms with Gasteiger partial charge in [-0.25, -0.2) is 0 Å². The summed E-state index contributed by atoms with van der Waals surface area (Å²) in [6, 6.07) is 2.10. The van der Waals surface area contributed by atoms with Gasteiger partial charge in [-0.2, -0.15) is 5.26 Å². The van der Waals surface area contributed by atoms with Crippen molar-refractivity contribution in [2.75, 3.05) is 26.3 Å². The third-order valence-corrected chi connectivity index (χ3v) is 2.90. The number of ether oxygens (including phenoxy) is 1. The first-order valence-electron chi connectivity index (χ1n) is 6.38. The van der Waals surface area contributed by atoms with Gasteiger partial charge in [-0.15, -0.1) is 0 Å². The van der Waals surface area contributed by atoms with Gasteiger partial charge in [0.15, 0.2) is 0 Å². The summed E-state index contributed by atoms with van der Waals surface area (Å²) < 4.78 is 5.35. The van der Waals surface area contributed by atoms with Gasteiger partial charge in [0.05, 0.1) is 25.0 Å². The Balaban J connectivity index is 2.54. The lowest BCUT2D eigenvalue weighted by Gasteiger charge is -2.30. The summed E-state index contributed by atoms with van der Waals surface area (Å²) in [6.07, 6.45) is 2.29. The molecule has 1 fully saturated rings. The van der Waals surface area contributed by atoms with Crippen LogP contribution in [0.15, 0.2) is 0 Å². The molecule has 1 unspecified atom stereocenters.